The molecule has 2 unspecified atom stereocenters. The maximum atomic E-state index is 12.9. The number of rotatable bonds is 5. The van der Waals surface area contributed by atoms with Crippen molar-refractivity contribution in [2.24, 2.45) is 0 Å². The Morgan fingerprint density at radius 3 is 2.39 bits per heavy atom. The zero-order chi connectivity index (χ0) is 22.6. The number of hydrogen-bond donors (Lipinski definition) is 0. The van der Waals surface area contributed by atoms with Gasteiger partial charge in [0.05, 0.1) is 6.10 Å². The monoisotopic (exact) mass is 452 g/mol. The van der Waals surface area contributed by atoms with E-state index in [0.717, 1.165) is 25.2 Å². The Morgan fingerprint density at radius 1 is 0.939 bits per heavy atom. The molecular formula is C25H28N2O6. The average molecular weight is 453 g/mol. The van der Waals surface area contributed by atoms with Crippen LogP contribution in [0.1, 0.15) is 23.2 Å². The Bertz CT molecular complexity index is 981. The number of benzene rings is 2. The fourth-order valence-electron chi connectivity index (χ4n) is 4.32. The highest BCUT2D eigenvalue weighted by Crippen LogP contribution is 2.31. The van der Waals surface area contributed by atoms with Crippen LogP contribution in [0, 0.1) is 0 Å². The number of amides is 2. The molecule has 0 saturated carbocycles. The lowest BCUT2D eigenvalue weighted by molar-refractivity contribution is -0.142. The maximum Gasteiger partial charge on any atom is 0.267 e. The first-order chi connectivity index (χ1) is 16.2. The molecule has 3 heterocycles. The van der Waals surface area contributed by atoms with Gasteiger partial charge in [0.15, 0.2) is 11.5 Å². The average Bonchev–Trinajstić information content (AvgIpc) is 3.40. The molecule has 2 saturated heterocycles. The molecule has 2 amide bonds. The van der Waals surface area contributed by atoms with E-state index in [1.165, 1.54) is 0 Å². The second kappa shape index (κ2) is 9.70. The summed E-state index contributed by atoms with van der Waals surface area (Å²) in [5, 5.41) is 0. The molecule has 174 valence electrons. The van der Waals surface area contributed by atoms with Crippen molar-refractivity contribution < 1.29 is 28.5 Å². The van der Waals surface area contributed by atoms with Crippen molar-refractivity contribution in [1.82, 2.24) is 9.80 Å². The van der Waals surface area contributed by atoms with E-state index in [1.54, 1.807) is 28.0 Å². The summed E-state index contributed by atoms with van der Waals surface area (Å²) in [6, 6.07) is 14.5. The number of carbonyl (C=O) groups excluding carboxylic acids is 2. The quantitative estimate of drug-likeness (QED) is 0.693. The van der Waals surface area contributed by atoms with E-state index in [-0.39, 0.29) is 24.5 Å². The molecule has 2 atom stereocenters. The number of carbonyl (C=O) groups is 2. The van der Waals surface area contributed by atoms with Gasteiger partial charge in [-0.15, -0.1) is 0 Å². The number of hydrogen-bond acceptors (Lipinski definition) is 6. The Balaban J connectivity index is 1.11. The van der Waals surface area contributed by atoms with Crippen molar-refractivity contribution in [3.8, 4) is 17.2 Å². The predicted octanol–water partition coefficient (Wildman–Crippen LogP) is 2.37. The van der Waals surface area contributed by atoms with Crippen molar-refractivity contribution in [3.63, 3.8) is 0 Å². The fraction of sp³-hybridized carbons (Fsp3) is 0.440. The SMILES string of the molecule is O=C(c1ccc(OCC2CCCO2)cc1)N1CCN(C(=O)C2COc3ccccc3O2)CC1. The Morgan fingerprint density at radius 2 is 1.67 bits per heavy atom. The van der Waals surface area contributed by atoms with Crippen molar-refractivity contribution in [1.29, 1.82) is 0 Å². The van der Waals surface area contributed by atoms with Crippen LogP contribution in [0.5, 0.6) is 17.2 Å². The normalized spacial score (nSPS) is 22.2. The predicted molar refractivity (Wildman–Crippen MR) is 120 cm³/mol. The molecule has 2 aromatic carbocycles. The highest BCUT2D eigenvalue weighted by molar-refractivity contribution is 5.94. The summed E-state index contributed by atoms with van der Waals surface area (Å²) in [7, 11) is 0. The Kier molecular flexibility index (Phi) is 6.35. The van der Waals surface area contributed by atoms with Crippen LogP contribution in [0.4, 0.5) is 0 Å². The van der Waals surface area contributed by atoms with E-state index in [0.29, 0.717) is 49.8 Å². The number of ether oxygens (including phenoxy) is 4. The van der Waals surface area contributed by atoms with Crippen LogP contribution in [0.25, 0.3) is 0 Å². The van der Waals surface area contributed by atoms with Crippen LogP contribution in [0.2, 0.25) is 0 Å². The molecule has 0 radical (unpaired) electrons. The van der Waals surface area contributed by atoms with Gasteiger partial charge in [-0.05, 0) is 49.2 Å². The zero-order valence-electron chi connectivity index (χ0n) is 18.5. The summed E-state index contributed by atoms with van der Waals surface area (Å²) in [5.41, 5.74) is 0.611. The lowest BCUT2D eigenvalue weighted by atomic mass is 10.1. The summed E-state index contributed by atoms with van der Waals surface area (Å²) in [4.78, 5) is 29.3. The third kappa shape index (κ3) is 4.90. The standard InChI is InChI=1S/C25H28N2O6/c28-24(18-7-9-19(10-8-18)31-16-20-4-3-15-30-20)26-11-13-27(14-12-26)25(29)23-17-32-21-5-1-2-6-22(21)33-23/h1-2,5-10,20,23H,3-4,11-17H2. The number of fused-ring (bicyclic) bond motifs is 1. The molecular weight excluding hydrogens is 424 g/mol. The summed E-state index contributed by atoms with van der Waals surface area (Å²) >= 11 is 0. The summed E-state index contributed by atoms with van der Waals surface area (Å²) in [6.07, 6.45) is 1.60. The van der Waals surface area contributed by atoms with Crippen LogP contribution >= 0.6 is 0 Å². The minimum Gasteiger partial charge on any atom is -0.491 e. The summed E-state index contributed by atoms with van der Waals surface area (Å²) in [6.45, 7) is 3.41. The van der Waals surface area contributed by atoms with Crippen LogP contribution < -0.4 is 14.2 Å². The van der Waals surface area contributed by atoms with E-state index in [9.17, 15) is 9.59 Å². The fourth-order valence-corrected chi connectivity index (χ4v) is 4.32. The van der Waals surface area contributed by atoms with Crippen LogP contribution in [0.3, 0.4) is 0 Å². The molecule has 8 heteroatoms. The molecule has 0 aliphatic carbocycles. The Hall–Kier alpha value is -3.26. The van der Waals surface area contributed by atoms with Crippen LogP contribution in [-0.4, -0.2) is 79.8 Å². The minimum absolute atomic E-state index is 0.0426. The smallest absolute Gasteiger partial charge is 0.267 e. The lowest BCUT2D eigenvalue weighted by Crippen LogP contribution is -2.55. The summed E-state index contributed by atoms with van der Waals surface area (Å²) in [5.74, 6) is 1.82. The second-order valence-electron chi connectivity index (χ2n) is 8.45. The van der Waals surface area contributed by atoms with Gasteiger partial charge >= 0.3 is 0 Å². The molecule has 5 rings (SSSR count). The van der Waals surface area contributed by atoms with Gasteiger partial charge in [-0.3, -0.25) is 9.59 Å². The van der Waals surface area contributed by atoms with E-state index < -0.39 is 6.10 Å². The third-order valence-electron chi connectivity index (χ3n) is 6.22. The van der Waals surface area contributed by atoms with Gasteiger partial charge in [0, 0.05) is 38.3 Å². The van der Waals surface area contributed by atoms with E-state index in [4.69, 9.17) is 18.9 Å². The highest BCUT2D eigenvalue weighted by Gasteiger charge is 2.33. The number of para-hydroxylation sites is 2. The largest absolute Gasteiger partial charge is 0.491 e. The van der Waals surface area contributed by atoms with Crippen molar-refractivity contribution >= 4 is 11.8 Å². The lowest BCUT2D eigenvalue weighted by Gasteiger charge is -2.37. The molecule has 0 spiro atoms. The number of piperazine rings is 1. The summed E-state index contributed by atoms with van der Waals surface area (Å²) < 4.78 is 22.8. The van der Waals surface area contributed by atoms with E-state index in [2.05, 4.69) is 0 Å². The van der Waals surface area contributed by atoms with Crippen molar-refractivity contribution in [3.05, 3.63) is 54.1 Å². The van der Waals surface area contributed by atoms with Gasteiger partial charge in [-0.2, -0.15) is 0 Å². The minimum atomic E-state index is -0.663. The van der Waals surface area contributed by atoms with Crippen molar-refractivity contribution in [2.75, 3.05) is 46.0 Å². The van der Waals surface area contributed by atoms with Crippen molar-refractivity contribution in [2.45, 2.75) is 25.0 Å². The van der Waals surface area contributed by atoms with Gasteiger partial charge in [0.25, 0.3) is 11.8 Å². The van der Waals surface area contributed by atoms with Gasteiger partial charge in [-0.1, -0.05) is 12.1 Å². The first-order valence-corrected chi connectivity index (χ1v) is 11.5. The topological polar surface area (TPSA) is 77.5 Å². The molecule has 33 heavy (non-hydrogen) atoms. The molecule has 3 aliphatic rings. The molecule has 2 fully saturated rings. The van der Waals surface area contributed by atoms with Gasteiger partial charge < -0.3 is 28.7 Å². The van der Waals surface area contributed by atoms with Gasteiger partial charge in [0.2, 0.25) is 6.10 Å². The molecule has 8 nitrogen and oxygen atoms in total. The van der Waals surface area contributed by atoms with Crippen LogP contribution in [0.15, 0.2) is 48.5 Å². The second-order valence-corrected chi connectivity index (χ2v) is 8.45. The first-order valence-electron chi connectivity index (χ1n) is 11.5. The van der Waals surface area contributed by atoms with Gasteiger partial charge in [0.1, 0.15) is 19.0 Å². The maximum absolute atomic E-state index is 12.9. The molecule has 0 aromatic heterocycles. The zero-order valence-corrected chi connectivity index (χ0v) is 18.5. The Labute approximate surface area is 193 Å². The van der Waals surface area contributed by atoms with E-state index >= 15 is 0 Å². The molecule has 0 N–H and O–H groups in total. The molecule has 3 aliphatic heterocycles. The molecule has 0 bridgehead atoms. The number of nitrogens with zero attached hydrogens (tertiary/aromatic N) is 2. The van der Waals surface area contributed by atoms with Crippen LogP contribution in [-0.2, 0) is 9.53 Å². The third-order valence-corrected chi connectivity index (χ3v) is 6.22. The first kappa shape index (κ1) is 21.6. The molecule has 2 aromatic rings. The highest BCUT2D eigenvalue weighted by atomic mass is 16.6. The van der Waals surface area contributed by atoms with Gasteiger partial charge in [-0.25, -0.2) is 0 Å². The van der Waals surface area contributed by atoms with E-state index in [1.807, 2.05) is 30.3 Å².